The Morgan fingerprint density at radius 3 is 2.73 bits per heavy atom. The molecule has 7 nitrogen and oxygen atoms in total. The number of carboxylic acid groups (broad SMARTS) is 1. The van der Waals surface area contributed by atoms with Gasteiger partial charge >= 0.3 is 5.97 Å². The molecule has 1 heterocycles. The predicted molar refractivity (Wildman–Crippen MR) is 93.8 cm³/mol. The topological polar surface area (TPSA) is 85.3 Å². The average Bonchev–Trinajstić information content (AvgIpc) is 3.14. The summed E-state index contributed by atoms with van der Waals surface area (Å²) in [4.78, 5) is 25.6. The molecular weight excluding hydrogens is 338 g/mol. The molecule has 1 aliphatic carbocycles. The molecule has 7 heteroatoms. The van der Waals surface area contributed by atoms with Crippen LogP contribution < -0.4 is 9.47 Å². The molecule has 2 fully saturated rings. The van der Waals surface area contributed by atoms with Crippen LogP contribution >= 0.6 is 0 Å². The zero-order chi connectivity index (χ0) is 18.5. The highest BCUT2D eigenvalue weighted by Crippen LogP contribution is 2.33. The molecule has 1 saturated carbocycles. The minimum absolute atomic E-state index is 0.132. The van der Waals surface area contributed by atoms with Crippen molar-refractivity contribution in [3.63, 3.8) is 0 Å². The van der Waals surface area contributed by atoms with Gasteiger partial charge in [-0.15, -0.1) is 0 Å². The lowest BCUT2D eigenvalue weighted by Gasteiger charge is -2.35. The summed E-state index contributed by atoms with van der Waals surface area (Å²) >= 11 is 0. The summed E-state index contributed by atoms with van der Waals surface area (Å²) in [5.41, 5.74) is 0.469. The second-order valence-electron chi connectivity index (χ2n) is 6.72. The molecule has 1 unspecified atom stereocenters. The van der Waals surface area contributed by atoms with E-state index >= 15 is 0 Å². The van der Waals surface area contributed by atoms with Crippen LogP contribution in [0.1, 0.15) is 42.5 Å². The predicted octanol–water partition coefficient (Wildman–Crippen LogP) is 2.33. The summed E-state index contributed by atoms with van der Waals surface area (Å²) in [5.74, 6) is 0.00238. The molecule has 0 bridgehead atoms. The van der Waals surface area contributed by atoms with E-state index in [2.05, 4.69) is 0 Å². The third kappa shape index (κ3) is 4.27. The normalized spacial score (nSPS) is 20.8. The van der Waals surface area contributed by atoms with Crippen LogP contribution in [0.4, 0.5) is 0 Å². The first-order chi connectivity index (χ1) is 12.6. The highest BCUT2D eigenvalue weighted by Gasteiger charge is 2.30. The quantitative estimate of drug-likeness (QED) is 0.835. The number of carbonyl (C=O) groups excluding carboxylic acids is 1. The number of benzene rings is 1. The van der Waals surface area contributed by atoms with Gasteiger partial charge in [0.2, 0.25) is 0 Å². The van der Waals surface area contributed by atoms with Gasteiger partial charge in [-0.3, -0.25) is 9.59 Å². The standard InChI is InChI=1S/C19H25NO6/c1-24-16-7-6-13(10-17(16)26-15-4-2-3-5-15)19(23)20-8-9-25-12-14(20)11-18(21)22/h6-7,10,14-15H,2-5,8-9,11-12H2,1H3,(H,21,22). The van der Waals surface area contributed by atoms with Crippen LogP contribution in [-0.4, -0.2) is 60.9 Å². The van der Waals surface area contributed by atoms with Crippen molar-refractivity contribution in [2.75, 3.05) is 26.9 Å². The first kappa shape index (κ1) is 18.5. The van der Waals surface area contributed by atoms with Crippen molar-refractivity contribution in [2.24, 2.45) is 0 Å². The number of carbonyl (C=O) groups is 2. The van der Waals surface area contributed by atoms with Crippen LogP contribution in [0.5, 0.6) is 11.5 Å². The number of ether oxygens (including phenoxy) is 3. The molecule has 1 saturated heterocycles. The molecule has 3 rings (SSSR count). The number of amides is 1. The Hall–Kier alpha value is -2.28. The van der Waals surface area contributed by atoms with E-state index in [1.807, 2.05) is 0 Å². The van der Waals surface area contributed by atoms with Crippen LogP contribution in [0.3, 0.4) is 0 Å². The maximum absolute atomic E-state index is 13.0. The van der Waals surface area contributed by atoms with Crippen LogP contribution in [0, 0.1) is 0 Å². The number of morpholine rings is 1. The van der Waals surface area contributed by atoms with E-state index in [1.54, 1.807) is 30.2 Å². The largest absolute Gasteiger partial charge is 0.493 e. The SMILES string of the molecule is COc1ccc(C(=O)N2CCOCC2CC(=O)O)cc1OC1CCCC1. The number of rotatable bonds is 6. The minimum atomic E-state index is -0.946. The molecule has 0 radical (unpaired) electrons. The van der Waals surface area contributed by atoms with Gasteiger partial charge < -0.3 is 24.2 Å². The zero-order valence-corrected chi connectivity index (χ0v) is 15.0. The molecule has 142 valence electrons. The summed E-state index contributed by atoms with van der Waals surface area (Å²) in [5, 5.41) is 9.08. The Bertz CT molecular complexity index is 655. The summed E-state index contributed by atoms with van der Waals surface area (Å²) in [6.07, 6.45) is 4.33. The van der Waals surface area contributed by atoms with E-state index in [1.165, 1.54) is 0 Å². The smallest absolute Gasteiger partial charge is 0.305 e. The minimum Gasteiger partial charge on any atom is -0.493 e. The Morgan fingerprint density at radius 2 is 2.04 bits per heavy atom. The number of nitrogens with zero attached hydrogens (tertiary/aromatic N) is 1. The van der Waals surface area contributed by atoms with E-state index in [-0.39, 0.29) is 25.0 Å². The number of carboxylic acids is 1. The monoisotopic (exact) mass is 363 g/mol. The number of methoxy groups -OCH3 is 1. The van der Waals surface area contributed by atoms with Gasteiger partial charge in [0, 0.05) is 12.1 Å². The van der Waals surface area contributed by atoms with Gasteiger partial charge in [-0.05, 0) is 43.9 Å². The number of aliphatic carboxylic acids is 1. The van der Waals surface area contributed by atoms with Crippen molar-refractivity contribution in [3.05, 3.63) is 23.8 Å². The highest BCUT2D eigenvalue weighted by atomic mass is 16.5. The number of hydrogen-bond donors (Lipinski definition) is 1. The molecule has 1 aliphatic heterocycles. The Kier molecular flexibility index (Phi) is 5.98. The van der Waals surface area contributed by atoms with Crippen molar-refractivity contribution in [1.29, 1.82) is 0 Å². The molecule has 1 atom stereocenters. The van der Waals surface area contributed by atoms with Crippen LogP contribution in [0.15, 0.2) is 18.2 Å². The van der Waals surface area contributed by atoms with Crippen LogP contribution in [0.2, 0.25) is 0 Å². The van der Waals surface area contributed by atoms with Crippen molar-refractivity contribution in [3.8, 4) is 11.5 Å². The molecule has 26 heavy (non-hydrogen) atoms. The molecular formula is C19H25NO6. The fourth-order valence-electron chi connectivity index (χ4n) is 3.55. The van der Waals surface area contributed by atoms with Crippen LogP contribution in [0.25, 0.3) is 0 Å². The molecule has 0 aromatic heterocycles. The lowest BCUT2D eigenvalue weighted by molar-refractivity contribution is -0.139. The molecule has 1 N–H and O–H groups in total. The second kappa shape index (κ2) is 8.40. The van der Waals surface area contributed by atoms with Gasteiger partial charge in [0.05, 0.1) is 38.9 Å². The highest BCUT2D eigenvalue weighted by molar-refractivity contribution is 5.95. The van der Waals surface area contributed by atoms with E-state index < -0.39 is 12.0 Å². The van der Waals surface area contributed by atoms with E-state index in [4.69, 9.17) is 19.3 Å². The fourth-order valence-corrected chi connectivity index (χ4v) is 3.55. The van der Waals surface area contributed by atoms with E-state index in [9.17, 15) is 9.59 Å². The van der Waals surface area contributed by atoms with Crippen LogP contribution in [-0.2, 0) is 9.53 Å². The molecule has 2 aliphatic rings. The van der Waals surface area contributed by atoms with Gasteiger partial charge in [-0.25, -0.2) is 0 Å². The molecule has 0 spiro atoms. The summed E-state index contributed by atoms with van der Waals surface area (Å²) < 4.78 is 16.8. The third-order valence-corrected chi connectivity index (χ3v) is 4.91. The molecule has 1 amide bonds. The summed E-state index contributed by atoms with van der Waals surface area (Å²) in [6.45, 7) is 1.02. The average molecular weight is 363 g/mol. The number of hydrogen-bond acceptors (Lipinski definition) is 5. The van der Waals surface area contributed by atoms with Gasteiger partial charge in [0.1, 0.15) is 0 Å². The Balaban J connectivity index is 1.80. The second-order valence-corrected chi connectivity index (χ2v) is 6.72. The maximum Gasteiger partial charge on any atom is 0.305 e. The van der Waals surface area contributed by atoms with Crippen molar-refractivity contribution in [1.82, 2.24) is 4.90 Å². The first-order valence-corrected chi connectivity index (χ1v) is 9.03. The first-order valence-electron chi connectivity index (χ1n) is 9.03. The Morgan fingerprint density at radius 1 is 1.27 bits per heavy atom. The summed E-state index contributed by atoms with van der Waals surface area (Å²) in [7, 11) is 1.57. The third-order valence-electron chi connectivity index (χ3n) is 4.91. The molecule has 1 aromatic rings. The molecule has 1 aromatic carbocycles. The van der Waals surface area contributed by atoms with E-state index in [0.29, 0.717) is 30.2 Å². The lowest BCUT2D eigenvalue weighted by atomic mass is 10.1. The van der Waals surface area contributed by atoms with Crippen molar-refractivity contribution < 1.29 is 28.9 Å². The van der Waals surface area contributed by atoms with Gasteiger partial charge in [0.25, 0.3) is 5.91 Å². The fraction of sp³-hybridized carbons (Fsp3) is 0.579. The van der Waals surface area contributed by atoms with Gasteiger partial charge in [-0.1, -0.05) is 0 Å². The zero-order valence-electron chi connectivity index (χ0n) is 15.0. The Labute approximate surface area is 152 Å². The maximum atomic E-state index is 13.0. The summed E-state index contributed by atoms with van der Waals surface area (Å²) in [6, 6.07) is 4.66. The van der Waals surface area contributed by atoms with Gasteiger partial charge in [-0.2, -0.15) is 0 Å². The lowest BCUT2D eigenvalue weighted by Crippen LogP contribution is -2.49. The van der Waals surface area contributed by atoms with Crippen molar-refractivity contribution in [2.45, 2.75) is 44.2 Å². The van der Waals surface area contributed by atoms with Gasteiger partial charge in [0.15, 0.2) is 11.5 Å². The van der Waals surface area contributed by atoms with Crippen molar-refractivity contribution >= 4 is 11.9 Å². The van der Waals surface area contributed by atoms with E-state index in [0.717, 1.165) is 25.7 Å².